The van der Waals surface area contributed by atoms with Crippen molar-refractivity contribution in [2.24, 2.45) is 0 Å². The average Bonchev–Trinajstić information content (AvgIpc) is 0.764. The van der Waals surface area contributed by atoms with Gasteiger partial charge in [0, 0.05) is 27.4 Å². The maximum atomic E-state index is 13.3. The lowest BCUT2D eigenvalue weighted by molar-refractivity contribution is -0.376. The van der Waals surface area contributed by atoms with E-state index in [4.69, 9.17) is 56.8 Å². The molecule has 0 unspecified atom stereocenters. The van der Waals surface area contributed by atoms with Crippen molar-refractivity contribution in [2.75, 3.05) is 26.4 Å². The van der Waals surface area contributed by atoms with Gasteiger partial charge >= 0.3 is 80.3 Å². The number of carboxylic acid groups (broad SMARTS) is 3. The predicted molar refractivity (Wildman–Crippen MR) is 321 cm³/mol. The lowest BCUT2D eigenvalue weighted by Gasteiger charge is -2.50. The maximum absolute atomic E-state index is 13.3. The molecule has 6 aliphatic heterocycles. The fourth-order valence-electron chi connectivity index (χ4n) is 11.4. The van der Waals surface area contributed by atoms with E-state index in [1.54, 1.807) is 6.92 Å². The Kier molecular flexibility index (Phi) is 32.0. The van der Waals surface area contributed by atoms with Crippen LogP contribution in [0, 0.1) is 0 Å². The second-order valence-electron chi connectivity index (χ2n) is 23.7. The third kappa shape index (κ3) is 25.9. The Morgan fingerprint density at radius 3 is 0.889 bits per heavy atom. The van der Waals surface area contributed by atoms with Gasteiger partial charge in [0.05, 0.1) is 19.8 Å². The summed E-state index contributed by atoms with van der Waals surface area (Å²) in [7, 11) is -35.0. The first-order valence-electron chi connectivity index (χ1n) is 30.5. The summed E-state index contributed by atoms with van der Waals surface area (Å²) in [5, 5.41) is 118. The van der Waals surface area contributed by atoms with Gasteiger partial charge in [-0.25, -0.2) is 39.5 Å². The summed E-state index contributed by atoms with van der Waals surface area (Å²) in [5.74, 6) is -10.4. The molecule has 55 nitrogen and oxygen atoms in total. The SMILES string of the molecule is CCCCCO[C@H]1O[C@H](COS(=O)(=O)O)[C@@H](O[C@@H]2O[C@@H](C(=O)O)[C@@H](O[C@H]3O[C@H](COS(=O)(=O)O)[C@@H](O[C@@H]4O[C@@H](C(=O)O)[C@@H](O[C@H]5O[C@H](COS(=O)(=O)O)[C@@H](O[C@@H]6O[C@@H](C(=O)O)[C@@H](O)[C@H](O)[C@H]6OS(=O)(=O)O)[C@H](O)[C@H]5NC(C)=O)[C@H](O)[C@H]4OS(=O)(=O)O)[C@H](O)[C@H]3NC(C)=O)[C@H](O)[C@H]2OS(=O)(=O)O)[C@H](O)[C@H]1NC(C)=O. The number of hydrogen-bond acceptors (Lipinski definition) is 43. The van der Waals surface area contributed by atoms with E-state index >= 15 is 0 Å². The number of amides is 3. The van der Waals surface area contributed by atoms with Crippen LogP contribution in [0.4, 0.5) is 0 Å². The maximum Gasteiger partial charge on any atom is 0.397 e. The van der Waals surface area contributed by atoms with Crippen LogP contribution in [-0.2, 0) is 173 Å². The number of carbonyl (C=O) groups is 6. The van der Waals surface area contributed by atoms with E-state index in [0.29, 0.717) is 33.1 Å². The molecule has 6 aliphatic rings. The minimum atomic E-state index is -6.18. The number of carboxylic acids is 3. The van der Waals surface area contributed by atoms with Gasteiger partial charge in [0.1, 0.15) is 110 Å². The van der Waals surface area contributed by atoms with Gasteiger partial charge in [0.25, 0.3) is 0 Å². The van der Waals surface area contributed by atoms with Crippen LogP contribution in [0.3, 0.4) is 0 Å². The van der Waals surface area contributed by atoms with Crippen LogP contribution in [0.15, 0.2) is 0 Å². The van der Waals surface area contributed by atoms with E-state index < -0.39 is 302 Å². The number of unbranched alkanes of at least 4 members (excludes halogenated alkanes) is 2. The number of ether oxygens (including phenoxy) is 12. The molecule has 0 aromatic carbocycles. The van der Waals surface area contributed by atoms with E-state index in [9.17, 15) is 158 Å². The molecular formula is C47H75N3O52S6. The summed E-state index contributed by atoms with van der Waals surface area (Å²) in [4.78, 5) is 76.7. The quantitative estimate of drug-likeness (QED) is 0.0205. The fourth-order valence-corrected chi connectivity index (χ4v) is 13.8. The Hall–Kier alpha value is -4.72. The zero-order chi connectivity index (χ0) is 81.6. The van der Waals surface area contributed by atoms with Gasteiger partial charge < -0.3 is 124 Å². The standard InChI is InChI=1S/C47H75N3O52S6/c1-5-6-7-8-85-42-18(48-12(2)51)21(54)28(15(89-42)9-86-103(67,68)69)93-46-35(101-107(79,80)81)26(59)31(37(98-46)40(63)64)96-44-20(50-14(4)53)23(56)30(17(91-44)11-88-105(73,74)75)94-47-36(102-108(82,83)84)27(60)32(38(99-47)41(65)66)95-43-19(49-13(3)52)22(55)29(16(90-43)10-87-104(70,71)72)92-45-34(100-106(76,77)78)25(58)24(57)33(97-45)39(61)62/h15-38,42-47,54-60H,5-11H2,1-4H3,(H,48,51)(H,49,52)(H,50,53)(H,61,62)(H,63,64)(H,65,66)(H,67,68,69)(H,70,71,72)(H,73,74,75)(H,76,77,78)(H,79,80,81)(H,82,83,84)/t15-,16-,17-,18-,19-,20-,21-,22-,23-,24+,25+,26+,27+,28-,29-,30-,31+,32+,33-,34-,35-,36-,37-,38-,42+,43-,44-,45-,46-,47-/m1/s1. The highest BCUT2D eigenvalue weighted by atomic mass is 32.3. The van der Waals surface area contributed by atoms with Crippen molar-refractivity contribution in [1.29, 1.82) is 0 Å². The zero-order valence-electron chi connectivity index (χ0n) is 55.1. The lowest BCUT2D eigenvalue weighted by Crippen LogP contribution is -2.71. The van der Waals surface area contributed by atoms with Gasteiger partial charge in [-0.15, -0.1) is 0 Å². The summed E-state index contributed by atoms with van der Waals surface area (Å²) in [6.45, 7) is -1.06. The van der Waals surface area contributed by atoms with Crippen LogP contribution in [-0.4, -0.2) is 375 Å². The molecule has 19 N–H and O–H groups in total. The average molecular weight is 1710 g/mol. The first-order valence-corrected chi connectivity index (χ1v) is 38.7. The molecule has 6 fully saturated rings. The van der Waals surface area contributed by atoms with Crippen molar-refractivity contribution in [3.05, 3.63) is 0 Å². The fraction of sp³-hybridized carbons (Fsp3) is 0.872. The molecule has 108 heavy (non-hydrogen) atoms. The van der Waals surface area contributed by atoms with E-state index in [2.05, 4.69) is 30.4 Å². The van der Waals surface area contributed by atoms with Gasteiger partial charge in [-0.3, -0.25) is 41.7 Å². The van der Waals surface area contributed by atoms with Gasteiger partial charge in [-0.2, -0.15) is 50.5 Å². The van der Waals surface area contributed by atoms with Gasteiger partial charge in [-0.1, -0.05) is 19.8 Å². The molecule has 0 spiro atoms. The van der Waals surface area contributed by atoms with E-state index in [0.717, 1.165) is 6.92 Å². The summed E-state index contributed by atoms with van der Waals surface area (Å²) in [6, 6.07) is -6.80. The van der Waals surface area contributed by atoms with E-state index in [1.807, 2.05) is 10.6 Å². The molecule has 0 aliphatic carbocycles. The molecule has 30 atom stereocenters. The molecule has 6 rings (SSSR count). The number of aliphatic carboxylic acids is 3. The monoisotopic (exact) mass is 1710 g/mol. The van der Waals surface area contributed by atoms with E-state index in [-0.39, 0.29) is 6.61 Å². The lowest BCUT2D eigenvalue weighted by atomic mass is 9.93. The highest BCUT2D eigenvalue weighted by Crippen LogP contribution is 2.40. The van der Waals surface area contributed by atoms with Crippen molar-refractivity contribution in [3.63, 3.8) is 0 Å². The zero-order valence-corrected chi connectivity index (χ0v) is 60.0. The minimum absolute atomic E-state index is 0.172. The summed E-state index contributed by atoms with van der Waals surface area (Å²) >= 11 is 0. The smallest absolute Gasteiger partial charge is 0.397 e. The molecule has 0 radical (unpaired) electrons. The van der Waals surface area contributed by atoms with Gasteiger partial charge in [-0.05, 0) is 6.42 Å². The van der Waals surface area contributed by atoms with Gasteiger partial charge in [0.15, 0.2) is 74.4 Å². The molecule has 0 aromatic rings. The largest absolute Gasteiger partial charge is 0.479 e. The van der Waals surface area contributed by atoms with E-state index in [1.165, 1.54) is 0 Å². The first kappa shape index (κ1) is 92.2. The van der Waals surface area contributed by atoms with Crippen LogP contribution < -0.4 is 16.0 Å². The van der Waals surface area contributed by atoms with Crippen LogP contribution in [0.1, 0.15) is 47.0 Å². The molecule has 3 amide bonds. The van der Waals surface area contributed by atoms with Crippen LogP contribution in [0.25, 0.3) is 0 Å². The number of carbonyl (C=O) groups excluding carboxylic acids is 3. The van der Waals surface area contributed by atoms with Gasteiger partial charge in [0.2, 0.25) is 17.7 Å². The second-order valence-corrected chi connectivity index (χ2v) is 30.1. The Labute approximate surface area is 608 Å². The molecule has 0 bridgehead atoms. The predicted octanol–water partition coefficient (Wildman–Crippen LogP) is -12.2. The number of aliphatic hydroxyl groups is 7. The number of hydrogen-bond donors (Lipinski definition) is 19. The Morgan fingerprint density at radius 1 is 0.333 bits per heavy atom. The van der Waals surface area contributed by atoms with Crippen LogP contribution >= 0.6 is 0 Å². The molecule has 0 aromatic heterocycles. The minimum Gasteiger partial charge on any atom is -0.479 e. The molecule has 6 saturated heterocycles. The third-order valence-electron chi connectivity index (χ3n) is 15.8. The first-order chi connectivity index (χ1) is 49.6. The molecule has 6 heterocycles. The van der Waals surface area contributed by atoms with Crippen LogP contribution in [0.5, 0.6) is 0 Å². The molecule has 626 valence electrons. The normalized spacial score (nSPS) is 38.2. The topological polar surface area (TPSA) is 833 Å². The second kappa shape index (κ2) is 37.5. The summed E-state index contributed by atoms with van der Waals surface area (Å²) in [5.41, 5.74) is 0. The third-order valence-corrected chi connectivity index (χ3v) is 18.5. The Bertz CT molecular complexity index is 3840. The number of nitrogens with one attached hydrogen (secondary N) is 3. The number of rotatable bonds is 36. The Balaban J connectivity index is 1.38. The van der Waals surface area contributed by atoms with Crippen molar-refractivity contribution in [3.8, 4) is 0 Å². The van der Waals surface area contributed by atoms with Crippen molar-refractivity contribution >= 4 is 98.0 Å². The molecular weight excluding hydrogens is 1630 g/mol. The Morgan fingerprint density at radius 2 is 0.611 bits per heavy atom. The van der Waals surface area contributed by atoms with Crippen molar-refractivity contribution in [1.82, 2.24) is 16.0 Å². The molecule has 61 heteroatoms. The van der Waals surface area contributed by atoms with Crippen LogP contribution in [0.2, 0.25) is 0 Å². The van der Waals surface area contributed by atoms with Crippen molar-refractivity contribution < 1.29 is 240 Å². The highest BCUT2D eigenvalue weighted by Gasteiger charge is 2.62. The molecule has 0 saturated carbocycles. The van der Waals surface area contributed by atoms with Crippen molar-refractivity contribution in [2.45, 2.75) is 231 Å². The number of aliphatic hydroxyl groups excluding tert-OH is 7. The highest BCUT2D eigenvalue weighted by molar-refractivity contribution is 7.82. The summed E-state index contributed by atoms with van der Waals surface area (Å²) in [6.07, 6.45) is -72.7. The summed E-state index contributed by atoms with van der Waals surface area (Å²) < 4.78 is 298.